The molecule has 3 rings (SSSR count). The summed E-state index contributed by atoms with van der Waals surface area (Å²) < 4.78 is 0. The van der Waals surface area contributed by atoms with Crippen LogP contribution >= 0.6 is 0 Å². The van der Waals surface area contributed by atoms with E-state index in [1.807, 2.05) is 72.8 Å². The molecule has 3 aromatic carbocycles. The van der Waals surface area contributed by atoms with Crippen molar-refractivity contribution < 1.29 is 4.79 Å². The lowest BCUT2D eigenvalue weighted by molar-refractivity contribution is 0.0986. The highest BCUT2D eigenvalue weighted by atomic mass is 16.2. The maximum absolute atomic E-state index is 13.0. The van der Waals surface area contributed by atoms with Crippen LogP contribution in [0.1, 0.15) is 15.9 Å². The van der Waals surface area contributed by atoms with Gasteiger partial charge < -0.3 is 10.6 Å². The Morgan fingerprint density at radius 2 is 1.35 bits per heavy atom. The number of benzene rings is 3. The number of rotatable bonds is 4. The van der Waals surface area contributed by atoms with Gasteiger partial charge in [0.1, 0.15) is 0 Å². The van der Waals surface area contributed by atoms with Crippen LogP contribution in [0.5, 0.6) is 0 Å². The largest absolute Gasteiger partial charge is 0.398 e. The van der Waals surface area contributed by atoms with Gasteiger partial charge in [-0.2, -0.15) is 0 Å². The molecule has 0 atom stereocenters. The van der Waals surface area contributed by atoms with Crippen molar-refractivity contribution in [1.82, 2.24) is 0 Å². The molecule has 0 aliphatic rings. The summed E-state index contributed by atoms with van der Waals surface area (Å²) in [7, 11) is 0. The number of carbonyl (C=O) groups excluding carboxylic acids is 1. The van der Waals surface area contributed by atoms with E-state index >= 15 is 0 Å². The van der Waals surface area contributed by atoms with Crippen LogP contribution in [0.25, 0.3) is 0 Å². The second-order valence-corrected chi connectivity index (χ2v) is 5.30. The fraction of sp³-hybridized carbons (Fsp3) is 0.0500. The lowest BCUT2D eigenvalue weighted by Crippen LogP contribution is -2.31. The molecule has 2 N–H and O–H groups in total. The number of hydrogen-bond acceptors (Lipinski definition) is 2. The van der Waals surface area contributed by atoms with Crippen LogP contribution in [-0.4, -0.2) is 5.91 Å². The van der Waals surface area contributed by atoms with E-state index in [0.717, 1.165) is 11.3 Å². The Kier molecular flexibility index (Phi) is 4.39. The Bertz CT molecular complexity index is 785. The third-order valence-electron chi connectivity index (χ3n) is 3.69. The highest BCUT2D eigenvalue weighted by Gasteiger charge is 2.19. The molecule has 0 radical (unpaired) electrons. The van der Waals surface area contributed by atoms with Crippen LogP contribution in [0, 0.1) is 0 Å². The first-order valence-electron chi connectivity index (χ1n) is 7.51. The second-order valence-electron chi connectivity index (χ2n) is 5.30. The summed E-state index contributed by atoms with van der Waals surface area (Å²) >= 11 is 0. The molecular weight excluding hydrogens is 284 g/mol. The monoisotopic (exact) mass is 302 g/mol. The summed E-state index contributed by atoms with van der Waals surface area (Å²) in [6.07, 6.45) is 0. The second kappa shape index (κ2) is 6.79. The first kappa shape index (κ1) is 14.9. The fourth-order valence-electron chi connectivity index (χ4n) is 2.49. The van der Waals surface area contributed by atoms with Crippen molar-refractivity contribution in [3.05, 3.63) is 96.1 Å². The number of anilines is 2. The van der Waals surface area contributed by atoms with Crippen molar-refractivity contribution >= 4 is 17.3 Å². The zero-order valence-electron chi connectivity index (χ0n) is 12.7. The van der Waals surface area contributed by atoms with Crippen molar-refractivity contribution in [2.24, 2.45) is 0 Å². The van der Waals surface area contributed by atoms with Gasteiger partial charge in [-0.3, -0.25) is 4.79 Å². The topological polar surface area (TPSA) is 46.3 Å². The number of nitrogen functional groups attached to an aromatic ring is 1. The van der Waals surface area contributed by atoms with Gasteiger partial charge in [-0.25, -0.2) is 0 Å². The molecule has 3 aromatic rings. The minimum Gasteiger partial charge on any atom is -0.398 e. The highest BCUT2D eigenvalue weighted by Crippen LogP contribution is 2.22. The molecule has 0 unspecified atom stereocenters. The van der Waals surface area contributed by atoms with Crippen molar-refractivity contribution in [3.8, 4) is 0 Å². The summed E-state index contributed by atoms with van der Waals surface area (Å²) in [5, 5.41) is 0. The molecule has 0 saturated heterocycles. The van der Waals surface area contributed by atoms with Crippen molar-refractivity contribution in [2.75, 3.05) is 10.6 Å². The van der Waals surface area contributed by atoms with Gasteiger partial charge in [0.25, 0.3) is 5.91 Å². The molecule has 23 heavy (non-hydrogen) atoms. The predicted octanol–water partition coefficient (Wildman–Crippen LogP) is 4.12. The van der Waals surface area contributed by atoms with Gasteiger partial charge in [0, 0.05) is 11.4 Å². The summed E-state index contributed by atoms with van der Waals surface area (Å²) in [5.74, 6) is -0.0989. The third-order valence-corrected chi connectivity index (χ3v) is 3.69. The smallest absolute Gasteiger partial charge is 0.260 e. The van der Waals surface area contributed by atoms with Crippen molar-refractivity contribution in [2.45, 2.75) is 6.54 Å². The van der Waals surface area contributed by atoms with E-state index in [9.17, 15) is 4.79 Å². The van der Waals surface area contributed by atoms with Gasteiger partial charge in [0.05, 0.1) is 12.1 Å². The molecule has 0 aliphatic heterocycles. The number of para-hydroxylation sites is 2. The zero-order valence-corrected chi connectivity index (χ0v) is 12.7. The van der Waals surface area contributed by atoms with Crippen LogP contribution in [0.3, 0.4) is 0 Å². The van der Waals surface area contributed by atoms with Crippen LogP contribution in [0.2, 0.25) is 0 Å². The molecular formula is C20H18N2O. The maximum Gasteiger partial charge on any atom is 0.260 e. The average molecular weight is 302 g/mol. The van der Waals surface area contributed by atoms with Crippen LogP contribution in [-0.2, 0) is 6.54 Å². The zero-order chi connectivity index (χ0) is 16.1. The Balaban J connectivity index is 1.98. The standard InChI is InChI=1S/C20H18N2O/c21-19-14-8-7-13-18(19)20(23)22(17-11-5-2-6-12-17)15-16-9-3-1-4-10-16/h1-14H,15,21H2. The Morgan fingerprint density at radius 1 is 0.783 bits per heavy atom. The van der Waals surface area contributed by atoms with Crippen LogP contribution in [0.4, 0.5) is 11.4 Å². The minimum absolute atomic E-state index is 0.0989. The van der Waals surface area contributed by atoms with Gasteiger partial charge >= 0.3 is 0 Å². The Morgan fingerprint density at radius 3 is 2.00 bits per heavy atom. The molecule has 0 aliphatic carbocycles. The van der Waals surface area contributed by atoms with E-state index in [1.54, 1.807) is 17.0 Å². The van der Waals surface area contributed by atoms with Crippen LogP contribution < -0.4 is 10.6 Å². The van der Waals surface area contributed by atoms with Gasteiger partial charge in [0.15, 0.2) is 0 Å². The highest BCUT2D eigenvalue weighted by molar-refractivity contribution is 6.09. The fourth-order valence-corrected chi connectivity index (χ4v) is 2.49. The van der Waals surface area contributed by atoms with E-state index in [2.05, 4.69) is 0 Å². The molecule has 1 amide bonds. The van der Waals surface area contributed by atoms with Crippen molar-refractivity contribution in [3.63, 3.8) is 0 Å². The summed E-state index contributed by atoms with van der Waals surface area (Å²) in [5.41, 5.74) is 8.92. The first-order chi connectivity index (χ1) is 11.3. The summed E-state index contributed by atoms with van der Waals surface area (Å²) in [6, 6.07) is 26.8. The molecule has 0 spiro atoms. The number of hydrogen-bond donors (Lipinski definition) is 1. The first-order valence-corrected chi connectivity index (χ1v) is 7.51. The van der Waals surface area contributed by atoms with E-state index < -0.39 is 0 Å². The SMILES string of the molecule is Nc1ccccc1C(=O)N(Cc1ccccc1)c1ccccc1. The molecule has 114 valence electrons. The third kappa shape index (κ3) is 3.40. The molecule has 0 saturated carbocycles. The van der Waals surface area contributed by atoms with E-state index in [0.29, 0.717) is 17.8 Å². The Hall–Kier alpha value is -3.07. The maximum atomic E-state index is 13.0. The number of nitrogens with two attached hydrogens (primary N) is 1. The van der Waals surface area contributed by atoms with Gasteiger partial charge in [-0.15, -0.1) is 0 Å². The predicted molar refractivity (Wildman–Crippen MR) is 94.3 cm³/mol. The van der Waals surface area contributed by atoms with Crippen LogP contribution in [0.15, 0.2) is 84.9 Å². The lowest BCUT2D eigenvalue weighted by atomic mass is 10.1. The average Bonchev–Trinajstić information content (AvgIpc) is 2.61. The summed E-state index contributed by atoms with van der Waals surface area (Å²) in [6.45, 7) is 0.498. The van der Waals surface area contributed by atoms with Gasteiger partial charge in [-0.1, -0.05) is 60.7 Å². The number of nitrogens with zero attached hydrogens (tertiary/aromatic N) is 1. The van der Waals surface area contributed by atoms with Gasteiger partial charge in [0.2, 0.25) is 0 Å². The Labute approximate surface area is 136 Å². The lowest BCUT2D eigenvalue weighted by Gasteiger charge is -2.23. The van der Waals surface area contributed by atoms with E-state index in [1.165, 1.54) is 0 Å². The molecule has 0 aromatic heterocycles. The normalized spacial score (nSPS) is 10.3. The molecule has 3 heteroatoms. The van der Waals surface area contributed by atoms with Crippen molar-refractivity contribution in [1.29, 1.82) is 0 Å². The number of carbonyl (C=O) groups is 1. The van der Waals surface area contributed by atoms with E-state index in [4.69, 9.17) is 5.73 Å². The minimum atomic E-state index is -0.0989. The quantitative estimate of drug-likeness (QED) is 0.737. The molecule has 0 heterocycles. The van der Waals surface area contributed by atoms with E-state index in [-0.39, 0.29) is 5.91 Å². The van der Waals surface area contributed by atoms with Gasteiger partial charge in [-0.05, 0) is 29.8 Å². The number of amides is 1. The molecule has 0 fully saturated rings. The summed E-state index contributed by atoms with van der Waals surface area (Å²) in [4.78, 5) is 14.8. The molecule has 0 bridgehead atoms. The molecule has 3 nitrogen and oxygen atoms in total.